The van der Waals surface area contributed by atoms with E-state index >= 15 is 0 Å². The van der Waals surface area contributed by atoms with E-state index in [0.717, 1.165) is 22.9 Å². The molecule has 1 aliphatic rings. The van der Waals surface area contributed by atoms with Gasteiger partial charge in [-0.1, -0.05) is 12.1 Å². The Hall–Kier alpha value is -2.47. The zero-order valence-electron chi connectivity index (χ0n) is 13.5. The first kappa shape index (κ1) is 16.4. The molecule has 2 aromatic rings. The van der Waals surface area contributed by atoms with Crippen LogP contribution in [0.5, 0.6) is 17.2 Å². The van der Waals surface area contributed by atoms with Crippen LogP contribution in [0.15, 0.2) is 48.5 Å². The predicted octanol–water partition coefficient (Wildman–Crippen LogP) is 3.21. The van der Waals surface area contributed by atoms with Crippen molar-refractivity contribution in [2.24, 2.45) is 0 Å². The van der Waals surface area contributed by atoms with E-state index in [1.807, 2.05) is 55.5 Å². The van der Waals surface area contributed by atoms with Crippen molar-refractivity contribution in [3.63, 3.8) is 0 Å². The van der Waals surface area contributed by atoms with E-state index in [-0.39, 0.29) is 6.10 Å². The molecule has 0 saturated heterocycles. The number of thiocarbonyl (C=S) groups is 1. The lowest BCUT2D eigenvalue weighted by molar-refractivity contribution is 0.0939. The monoisotopic (exact) mass is 344 g/mol. The lowest BCUT2D eigenvalue weighted by Crippen LogP contribution is -2.42. The highest BCUT2D eigenvalue weighted by Crippen LogP contribution is 2.30. The number of hydrogen-bond donors (Lipinski definition) is 2. The molecule has 126 valence electrons. The molecule has 0 bridgehead atoms. The van der Waals surface area contributed by atoms with Gasteiger partial charge in [-0.05, 0) is 55.5 Å². The molecule has 0 radical (unpaired) electrons. The highest BCUT2D eigenvalue weighted by atomic mass is 32.1. The standard InChI is InChI=1S/C18H20N2O3S/c1-2-21-14-9-7-13(8-10-14)20-18(24)19-11-15-12-22-16-5-3-4-6-17(16)23-15/h3-10,15H,2,11-12H2,1H3,(H2,19,20,24)/t15-/m0/s1. The maximum Gasteiger partial charge on any atom is 0.170 e. The van der Waals surface area contributed by atoms with Crippen molar-refractivity contribution in [1.82, 2.24) is 5.32 Å². The Morgan fingerprint density at radius 1 is 1.17 bits per heavy atom. The molecule has 24 heavy (non-hydrogen) atoms. The number of ether oxygens (including phenoxy) is 3. The SMILES string of the molecule is CCOc1ccc(NC(=S)NC[C@H]2COc3ccccc3O2)cc1. The molecule has 6 heteroatoms. The first-order valence-electron chi connectivity index (χ1n) is 7.91. The van der Waals surface area contributed by atoms with Gasteiger partial charge >= 0.3 is 0 Å². The molecule has 3 rings (SSSR count). The van der Waals surface area contributed by atoms with Crippen molar-refractivity contribution in [2.75, 3.05) is 25.1 Å². The van der Waals surface area contributed by atoms with Crippen LogP contribution in [-0.4, -0.2) is 31.0 Å². The Morgan fingerprint density at radius 3 is 2.67 bits per heavy atom. The molecular weight excluding hydrogens is 324 g/mol. The number of nitrogens with one attached hydrogen (secondary N) is 2. The van der Waals surface area contributed by atoms with E-state index in [9.17, 15) is 0 Å². The van der Waals surface area contributed by atoms with Crippen LogP contribution in [-0.2, 0) is 0 Å². The highest BCUT2D eigenvalue weighted by Gasteiger charge is 2.20. The van der Waals surface area contributed by atoms with Gasteiger partial charge in [0.2, 0.25) is 0 Å². The van der Waals surface area contributed by atoms with Crippen molar-refractivity contribution in [2.45, 2.75) is 13.0 Å². The summed E-state index contributed by atoms with van der Waals surface area (Å²) in [6.07, 6.45) is -0.0834. The summed E-state index contributed by atoms with van der Waals surface area (Å²) in [6, 6.07) is 15.3. The molecule has 0 spiro atoms. The second-order valence-corrected chi connectivity index (χ2v) is 5.70. The van der Waals surface area contributed by atoms with E-state index in [1.54, 1.807) is 0 Å². The third-order valence-electron chi connectivity index (χ3n) is 3.48. The van der Waals surface area contributed by atoms with Gasteiger partial charge in [0.25, 0.3) is 0 Å². The molecule has 0 aliphatic carbocycles. The third kappa shape index (κ3) is 4.29. The Balaban J connectivity index is 1.46. The fourth-order valence-electron chi connectivity index (χ4n) is 2.35. The first-order valence-corrected chi connectivity index (χ1v) is 8.31. The third-order valence-corrected chi connectivity index (χ3v) is 3.73. The summed E-state index contributed by atoms with van der Waals surface area (Å²) in [7, 11) is 0. The largest absolute Gasteiger partial charge is 0.494 e. The number of benzene rings is 2. The summed E-state index contributed by atoms with van der Waals surface area (Å²) in [6.45, 7) is 3.67. The fourth-order valence-corrected chi connectivity index (χ4v) is 2.55. The zero-order chi connectivity index (χ0) is 16.8. The van der Waals surface area contributed by atoms with Crippen LogP contribution in [0, 0.1) is 0 Å². The van der Waals surface area contributed by atoms with E-state index in [1.165, 1.54) is 0 Å². The second kappa shape index (κ2) is 7.88. The molecule has 1 aliphatic heterocycles. The van der Waals surface area contributed by atoms with Crippen LogP contribution in [0.25, 0.3) is 0 Å². The highest BCUT2D eigenvalue weighted by molar-refractivity contribution is 7.80. The van der Waals surface area contributed by atoms with E-state index < -0.39 is 0 Å². The van der Waals surface area contributed by atoms with E-state index in [4.69, 9.17) is 26.4 Å². The summed E-state index contributed by atoms with van der Waals surface area (Å²) in [5.41, 5.74) is 0.905. The smallest absolute Gasteiger partial charge is 0.170 e. The van der Waals surface area contributed by atoms with Crippen molar-refractivity contribution in [3.8, 4) is 17.2 Å². The number of rotatable bonds is 5. The number of hydrogen-bond acceptors (Lipinski definition) is 4. The molecule has 0 fully saturated rings. The van der Waals surface area contributed by atoms with Gasteiger partial charge in [0, 0.05) is 5.69 Å². The van der Waals surface area contributed by atoms with Gasteiger partial charge in [0.1, 0.15) is 18.5 Å². The number of anilines is 1. The molecule has 2 N–H and O–H groups in total. The maximum atomic E-state index is 5.88. The normalized spacial score (nSPS) is 15.5. The van der Waals surface area contributed by atoms with E-state index in [0.29, 0.717) is 24.9 Å². The van der Waals surface area contributed by atoms with Gasteiger partial charge in [0.05, 0.1) is 13.2 Å². The topological polar surface area (TPSA) is 51.8 Å². The van der Waals surface area contributed by atoms with Gasteiger partial charge in [-0.3, -0.25) is 0 Å². The predicted molar refractivity (Wildman–Crippen MR) is 98.2 cm³/mol. The lowest BCUT2D eigenvalue weighted by atomic mass is 10.2. The second-order valence-electron chi connectivity index (χ2n) is 5.29. The zero-order valence-corrected chi connectivity index (χ0v) is 14.3. The molecule has 0 aromatic heterocycles. The summed E-state index contributed by atoms with van der Waals surface area (Å²) in [5.74, 6) is 2.39. The average Bonchev–Trinajstić information content (AvgIpc) is 2.62. The molecule has 0 unspecified atom stereocenters. The van der Waals surface area contributed by atoms with Crippen LogP contribution in [0.4, 0.5) is 5.69 Å². The minimum Gasteiger partial charge on any atom is -0.494 e. The van der Waals surface area contributed by atoms with Crippen molar-refractivity contribution >= 4 is 23.0 Å². The minimum absolute atomic E-state index is 0.0834. The van der Waals surface area contributed by atoms with Crippen molar-refractivity contribution < 1.29 is 14.2 Å². The Labute approximate surface area is 146 Å². The first-order chi connectivity index (χ1) is 11.7. The molecule has 1 heterocycles. The Bertz CT molecular complexity index is 691. The Morgan fingerprint density at radius 2 is 1.92 bits per heavy atom. The Kier molecular flexibility index (Phi) is 5.38. The summed E-state index contributed by atoms with van der Waals surface area (Å²) in [5, 5.41) is 6.84. The maximum absolute atomic E-state index is 5.88. The molecule has 1 atom stereocenters. The molecule has 2 aromatic carbocycles. The van der Waals surface area contributed by atoms with Gasteiger partial charge in [-0.15, -0.1) is 0 Å². The van der Waals surface area contributed by atoms with Gasteiger partial charge in [0.15, 0.2) is 16.6 Å². The van der Waals surface area contributed by atoms with Crippen LogP contribution in [0.2, 0.25) is 0 Å². The quantitative estimate of drug-likeness (QED) is 0.813. The van der Waals surface area contributed by atoms with Crippen LogP contribution in [0.3, 0.4) is 0 Å². The van der Waals surface area contributed by atoms with Gasteiger partial charge in [-0.2, -0.15) is 0 Å². The van der Waals surface area contributed by atoms with Crippen LogP contribution < -0.4 is 24.8 Å². The summed E-state index contributed by atoms with van der Waals surface area (Å²) in [4.78, 5) is 0. The molecule has 0 saturated carbocycles. The summed E-state index contributed by atoms with van der Waals surface area (Å²) >= 11 is 5.32. The average molecular weight is 344 g/mol. The lowest BCUT2D eigenvalue weighted by Gasteiger charge is -2.27. The van der Waals surface area contributed by atoms with E-state index in [2.05, 4.69) is 10.6 Å². The van der Waals surface area contributed by atoms with Crippen LogP contribution >= 0.6 is 12.2 Å². The minimum atomic E-state index is -0.0834. The fraction of sp³-hybridized carbons (Fsp3) is 0.278. The number of fused-ring (bicyclic) bond motifs is 1. The van der Waals surface area contributed by atoms with Crippen molar-refractivity contribution in [1.29, 1.82) is 0 Å². The van der Waals surface area contributed by atoms with Crippen molar-refractivity contribution in [3.05, 3.63) is 48.5 Å². The summed E-state index contributed by atoms with van der Waals surface area (Å²) < 4.78 is 17.0. The van der Waals surface area contributed by atoms with Crippen LogP contribution in [0.1, 0.15) is 6.92 Å². The van der Waals surface area contributed by atoms with Gasteiger partial charge < -0.3 is 24.8 Å². The number of para-hydroxylation sites is 2. The van der Waals surface area contributed by atoms with Gasteiger partial charge in [-0.25, -0.2) is 0 Å². The molecule has 5 nitrogen and oxygen atoms in total. The molecular formula is C18H20N2O3S. The molecule has 0 amide bonds.